The van der Waals surface area contributed by atoms with Crippen molar-refractivity contribution in [2.75, 3.05) is 6.54 Å². The van der Waals surface area contributed by atoms with Gasteiger partial charge in [-0.05, 0) is 38.6 Å². The molecule has 0 aromatic carbocycles. The third kappa shape index (κ3) is 2.43. The lowest BCUT2D eigenvalue weighted by Crippen LogP contribution is -2.34. The second-order valence-electron chi connectivity index (χ2n) is 5.10. The summed E-state index contributed by atoms with van der Waals surface area (Å²) in [7, 11) is 0. The third-order valence-electron chi connectivity index (χ3n) is 3.63. The van der Waals surface area contributed by atoms with Crippen molar-refractivity contribution >= 4 is 0 Å². The zero-order valence-corrected chi connectivity index (χ0v) is 9.71. The topological polar surface area (TPSA) is 53.6 Å². The Labute approximate surface area is 96.2 Å². The number of hydrogen-bond acceptors (Lipinski definition) is 3. The predicted molar refractivity (Wildman–Crippen MR) is 62.3 cm³/mol. The SMILES string of the molecule is C1CCC(CCc2nc(C3CC3)n[nH]2)NC1. The quantitative estimate of drug-likeness (QED) is 0.813. The van der Waals surface area contributed by atoms with Crippen molar-refractivity contribution in [3.05, 3.63) is 11.6 Å². The first-order chi connectivity index (χ1) is 7.92. The molecule has 4 heteroatoms. The first kappa shape index (κ1) is 10.3. The smallest absolute Gasteiger partial charge is 0.153 e. The van der Waals surface area contributed by atoms with Crippen LogP contribution in [-0.2, 0) is 6.42 Å². The van der Waals surface area contributed by atoms with E-state index in [1.165, 1.54) is 45.1 Å². The third-order valence-corrected chi connectivity index (χ3v) is 3.63. The van der Waals surface area contributed by atoms with E-state index < -0.39 is 0 Å². The molecule has 1 aliphatic carbocycles. The normalized spacial score (nSPS) is 25.9. The van der Waals surface area contributed by atoms with Crippen molar-refractivity contribution in [3.63, 3.8) is 0 Å². The summed E-state index contributed by atoms with van der Waals surface area (Å²) in [4.78, 5) is 4.56. The molecule has 16 heavy (non-hydrogen) atoms. The molecule has 2 N–H and O–H groups in total. The fourth-order valence-corrected chi connectivity index (χ4v) is 2.43. The first-order valence-electron chi connectivity index (χ1n) is 6.56. The van der Waals surface area contributed by atoms with E-state index in [2.05, 4.69) is 20.5 Å². The number of H-pyrrole nitrogens is 1. The van der Waals surface area contributed by atoms with E-state index in [4.69, 9.17) is 0 Å². The molecule has 0 amide bonds. The standard InChI is InChI=1S/C12H20N4/c1-2-8-13-10(3-1)6-7-11-14-12(16-15-11)9-4-5-9/h9-10,13H,1-8H2,(H,14,15,16). The molecular weight excluding hydrogens is 200 g/mol. The summed E-state index contributed by atoms with van der Waals surface area (Å²) < 4.78 is 0. The lowest BCUT2D eigenvalue weighted by Gasteiger charge is -2.22. The summed E-state index contributed by atoms with van der Waals surface area (Å²) in [6, 6.07) is 0.697. The van der Waals surface area contributed by atoms with Gasteiger partial charge in [-0.15, -0.1) is 0 Å². The monoisotopic (exact) mass is 220 g/mol. The highest BCUT2D eigenvalue weighted by Crippen LogP contribution is 2.37. The van der Waals surface area contributed by atoms with Crippen molar-refractivity contribution in [1.29, 1.82) is 0 Å². The fourth-order valence-electron chi connectivity index (χ4n) is 2.43. The van der Waals surface area contributed by atoms with Crippen LogP contribution in [0.1, 0.15) is 56.1 Å². The van der Waals surface area contributed by atoms with E-state index in [0.29, 0.717) is 12.0 Å². The van der Waals surface area contributed by atoms with Crippen LogP contribution in [-0.4, -0.2) is 27.8 Å². The van der Waals surface area contributed by atoms with E-state index in [-0.39, 0.29) is 0 Å². The van der Waals surface area contributed by atoms with Gasteiger partial charge in [0.05, 0.1) is 0 Å². The highest BCUT2D eigenvalue weighted by molar-refractivity contribution is 5.05. The molecule has 88 valence electrons. The van der Waals surface area contributed by atoms with E-state index >= 15 is 0 Å². The van der Waals surface area contributed by atoms with Crippen LogP contribution in [0.5, 0.6) is 0 Å². The minimum Gasteiger partial charge on any atom is -0.314 e. The van der Waals surface area contributed by atoms with Crippen LogP contribution in [0.4, 0.5) is 0 Å². The van der Waals surface area contributed by atoms with E-state index in [1.807, 2.05) is 0 Å². The molecular formula is C12H20N4. The van der Waals surface area contributed by atoms with Crippen LogP contribution in [0.25, 0.3) is 0 Å². The molecule has 2 heterocycles. The Morgan fingerprint density at radius 1 is 1.19 bits per heavy atom. The predicted octanol–water partition coefficient (Wildman–Crippen LogP) is 1.76. The average molecular weight is 220 g/mol. The van der Waals surface area contributed by atoms with Crippen LogP contribution < -0.4 is 5.32 Å². The summed E-state index contributed by atoms with van der Waals surface area (Å²) in [6.45, 7) is 1.19. The number of aromatic amines is 1. The number of piperidine rings is 1. The van der Waals surface area contributed by atoms with Gasteiger partial charge in [0.25, 0.3) is 0 Å². The van der Waals surface area contributed by atoms with Gasteiger partial charge in [-0.3, -0.25) is 5.10 Å². The molecule has 2 fully saturated rings. The van der Waals surface area contributed by atoms with Crippen LogP contribution in [0.15, 0.2) is 0 Å². The summed E-state index contributed by atoms with van der Waals surface area (Å²) in [5.41, 5.74) is 0. The van der Waals surface area contributed by atoms with Gasteiger partial charge in [0.15, 0.2) is 5.82 Å². The molecule has 2 aliphatic rings. The molecule has 1 saturated carbocycles. The van der Waals surface area contributed by atoms with Crippen LogP contribution in [0.3, 0.4) is 0 Å². The Hall–Kier alpha value is -0.900. The second kappa shape index (κ2) is 4.53. The van der Waals surface area contributed by atoms with Gasteiger partial charge >= 0.3 is 0 Å². The number of nitrogens with zero attached hydrogens (tertiary/aromatic N) is 2. The maximum atomic E-state index is 4.56. The van der Waals surface area contributed by atoms with Crippen molar-refractivity contribution in [1.82, 2.24) is 20.5 Å². The Kier molecular flexibility index (Phi) is 2.91. The Morgan fingerprint density at radius 3 is 2.88 bits per heavy atom. The van der Waals surface area contributed by atoms with E-state index in [0.717, 1.165) is 18.1 Å². The maximum absolute atomic E-state index is 4.56. The largest absolute Gasteiger partial charge is 0.314 e. The van der Waals surface area contributed by atoms with Gasteiger partial charge in [-0.25, -0.2) is 4.98 Å². The lowest BCUT2D eigenvalue weighted by molar-refractivity contribution is 0.381. The fraction of sp³-hybridized carbons (Fsp3) is 0.833. The van der Waals surface area contributed by atoms with Crippen LogP contribution in [0.2, 0.25) is 0 Å². The molecule has 1 unspecified atom stereocenters. The molecule has 3 rings (SSSR count). The minimum absolute atomic E-state index is 0.665. The highest BCUT2D eigenvalue weighted by Gasteiger charge is 2.27. The lowest BCUT2D eigenvalue weighted by atomic mass is 10.0. The minimum atomic E-state index is 0.665. The first-order valence-corrected chi connectivity index (χ1v) is 6.56. The van der Waals surface area contributed by atoms with Gasteiger partial charge < -0.3 is 5.32 Å². The maximum Gasteiger partial charge on any atom is 0.153 e. The van der Waals surface area contributed by atoms with Gasteiger partial charge in [-0.1, -0.05) is 6.42 Å². The second-order valence-corrected chi connectivity index (χ2v) is 5.10. The number of rotatable bonds is 4. The molecule has 0 spiro atoms. The molecule has 4 nitrogen and oxygen atoms in total. The van der Waals surface area contributed by atoms with Gasteiger partial charge in [-0.2, -0.15) is 5.10 Å². The van der Waals surface area contributed by atoms with Gasteiger partial charge in [0, 0.05) is 18.4 Å². The molecule has 0 radical (unpaired) electrons. The van der Waals surface area contributed by atoms with Gasteiger partial charge in [0.1, 0.15) is 5.82 Å². The van der Waals surface area contributed by atoms with Crippen LogP contribution >= 0.6 is 0 Å². The Bertz CT molecular complexity index is 337. The Balaban J connectivity index is 1.49. The number of aryl methyl sites for hydroxylation is 1. The van der Waals surface area contributed by atoms with Crippen molar-refractivity contribution < 1.29 is 0 Å². The molecule has 1 aliphatic heterocycles. The molecule has 1 aromatic heterocycles. The van der Waals surface area contributed by atoms with Crippen LogP contribution in [0, 0.1) is 0 Å². The molecule has 0 bridgehead atoms. The van der Waals surface area contributed by atoms with Crippen molar-refractivity contribution in [2.24, 2.45) is 0 Å². The molecule has 1 aromatic rings. The van der Waals surface area contributed by atoms with E-state index in [9.17, 15) is 0 Å². The Morgan fingerprint density at radius 2 is 2.12 bits per heavy atom. The average Bonchev–Trinajstić information content (AvgIpc) is 3.08. The van der Waals surface area contributed by atoms with Crippen molar-refractivity contribution in [3.8, 4) is 0 Å². The van der Waals surface area contributed by atoms with Crippen molar-refractivity contribution in [2.45, 2.75) is 56.9 Å². The molecule has 1 atom stereocenters. The summed E-state index contributed by atoms with van der Waals surface area (Å²) in [6.07, 6.45) is 8.83. The molecule has 1 saturated heterocycles. The number of aromatic nitrogens is 3. The summed E-state index contributed by atoms with van der Waals surface area (Å²) >= 11 is 0. The number of hydrogen-bond donors (Lipinski definition) is 2. The van der Waals surface area contributed by atoms with E-state index in [1.54, 1.807) is 0 Å². The summed E-state index contributed by atoms with van der Waals surface area (Å²) in [5, 5.41) is 10.9. The van der Waals surface area contributed by atoms with Gasteiger partial charge in [0.2, 0.25) is 0 Å². The highest BCUT2D eigenvalue weighted by atomic mass is 15.2. The summed E-state index contributed by atoms with van der Waals surface area (Å²) in [5.74, 6) is 2.79. The zero-order valence-electron chi connectivity index (χ0n) is 9.71. The zero-order chi connectivity index (χ0) is 10.8. The number of nitrogens with one attached hydrogen (secondary N) is 2.